The van der Waals surface area contributed by atoms with E-state index in [0.717, 1.165) is 13.8 Å². The van der Waals surface area contributed by atoms with Gasteiger partial charge >= 0.3 is 18.6 Å². The molecule has 0 heterocycles. The SMILES string of the molecule is CC(C)OC(F)(F)C(F)(F)OC(F)(F)F. The average molecular weight is 244 g/mol. The zero-order valence-corrected chi connectivity index (χ0v) is 7.54. The van der Waals surface area contributed by atoms with Crippen molar-refractivity contribution < 1.29 is 40.2 Å². The molecule has 0 aliphatic carbocycles. The summed E-state index contributed by atoms with van der Waals surface area (Å²) < 4.78 is 88.6. The normalized spacial score (nSPS) is 14.8. The number of halogens is 7. The van der Waals surface area contributed by atoms with Crippen LogP contribution in [0.15, 0.2) is 0 Å². The summed E-state index contributed by atoms with van der Waals surface area (Å²) in [5.41, 5.74) is 0. The Kier molecular flexibility index (Phi) is 3.97. The Hall–Kier alpha value is -0.570. The highest BCUT2D eigenvalue weighted by Crippen LogP contribution is 2.41. The largest absolute Gasteiger partial charge is 0.527 e. The maximum Gasteiger partial charge on any atom is 0.527 e. The lowest BCUT2D eigenvalue weighted by Crippen LogP contribution is -2.49. The summed E-state index contributed by atoms with van der Waals surface area (Å²) in [5.74, 6) is 0. The van der Waals surface area contributed by atoms with E-state index in [4.69, 9.17) is 0 Å². The van der Waals surface area contributed by atoms with Gasteiger partial charge in [-0.25, -0.2) is 4.74 Å². The molecule has 0 amide bonds. The van der Waals surface area contributed by atoms with Crippen molar-refractivity contribution in [3.63, 3.8) is 0 Å². The Morgan fingerprint density at radius 3 is 1.47 bits per heavy atom. The van der Waals surface area contributed by atoms with Crippen LogP contribution in [0.5, 0.6) is 0 Å². The van der Waals surface area contributed by atoms with Gasteiger partial charge in [0.1, 0.15) is 0 Å². The highest BCUT2D eigenvalue weighted by Gasteiger charge is 2.65. The number of hydrogen-bond acceptors (Lipinski definition) is 2. The fourth-order valence-electron chi connectivity index (χ4n) is 0.569. The molecule has 0 atom stereocenters. The molecule has 0 spiro atoms. The lowest BCUT2D eigenvalue weighted by atomic mass is 10.4. The lowest BCUT2D eigenvalue weighted by molar-refractivity contribution is -0.507. The van der Waals surface area contributed by atoms with Gasteiger partial charge in [0.05, 0.1) is 6.10 Å². The molecule has 0 N–H and O–H groups in total. The van der Waals surface area contributed by atoms with Crippen molar-refractivity contribution >= 4 is 0 Å². The van der Waals surface area contributed by atoms with Gasteiger partial charge in [-0.1, -0.05) is 0 Å². The van der Waals surface area contributed by atoms with Gasteiger partial charge in [0.15, 0.2) is 0 Å². The predicted octanol–water partition coefficient (Wildman–Crippen LogP) is 3.13. The lowest BCUT2D eigenvalue weighted by Gasteiger charge is -2.27. The van der Waals surface area contributed by atoms with E-state index in [1.54, 1.807) is 0 Å². The predicted molar refractivity (Wildman–Crippen MR) is 33.3 cm³/mol. The quantitative estimate of drug-likeness (QED) is 0.707. The minimum atomic E-state index is -5.88. The Bertz CT molecular complexity index is 210. The molecule has 92 valence electrons. The molecule has 0 aromatic rings. The van der Waals surface area contributed by atoms with E-state index < -0.39 is 24.7 Å². The van der Waals surface area contributed by atoms with Crippen molar-refractivity contribution in [3.05, 3.63) is 0 Å². The molecule has 0 saturated carbocycles. The first kappa shape index (κ1) is 14.4. The zero-order chi connectivity index (χ0) is 12.5. The number of ether oxygens (including phenoxy) is 2. The molecule has 0 rings (SSSR count). The van der Waals surface area contributed by atoms with Gasteiger partial charge < -0.3 is 4.74 Å². The van der Waals surface area contributed by atoms with Gasteiger partial charge in [-0.05, 0) is 13.8 Å². The van der Waals surface area contributed by atoms with Crippen LogP contribution in [0.25, 0.3) is 0 Å². The Labute approximate surface area is 79.9 Å². The van der Waals surface area contributed by atoms with Crippen molar-refractivity contribution in [1.82, 2.24) is 0 Å². The first-order valence-electron chi connectivity index (χ1n) is 3.58. The number of hydrogen-bond donors (Lipinski definition) is 0. The first-order chi connectivity index (χ1) is 6.37. The van der Waals surface area contributed by atoms with Crippen LogP contribution in [0.4, 0.5) is 30.7 Å². The summed E-state index contributed by atoms with van der Waals surface area (Å²) in [6.45, 7) is 1.91. The van der Waals surface area contributed by atoms with Crippen LogP contribution in [0, 0.1) is 0 Å². The summed E-state index contributed by atoms with van der Waals surface area (Å²) >= 11 is 0. The van der Waals surface area contributed by atoms with E-state index >= 15 is 0 Å². The fourth-order valence-corrected chi connectivity index (χ4v) is 0.569. The maximum atomic E-state index is 12.4. The third-order valence-corrected chi connectivity index (χ3v) is 0.966. The van der Waals surface area contributed by atoms with Crippen LogP contribution >= 0.6 is 0 Å². The average Bonchev–Trinajstić information content (AvgIpc) is 1.75. The van der Waals surface area contributed by atoms with Crippen molar-refractivity contribution in [3.8, 4) is 0 Å². The fraction of sp³-hybridized carbons (Fsp3) is 1.00. The smallest absolute Gasteiger partial charge is 0.311 e. The molecular weight excluding hydrogens is 237 g/mol. The summed E-state index contributed by atoms with van der Waals surface area (Å²) in [5, 5.41) is 0. The van der Waals surface area contributed by atoms with Gasteiger partial charge in [-0.15, -0.1) is 13.2 Å². The highest BCUT2D eigenvalue weighted by atomic mass is 19.4. The maximum absolute atomic E-state index is 12.4. The first-order valence-corrected chi connectivity index (χ1v) is 3.58. The van der Waals surface area contributed by atoms with Crippen molar-refractivity contribution in [2.75, 3.05) is 0 Å². The Balaban J connectivity index is 4.69. The summed E-state index contributed by atoms with van der Waals surface area (Å²) in [6, 6.07) is 0. The molecule has 0 aliphatic heterocycles. The monoisotopic (exact) mass is 244 g/mol. The second-order valence-electron chi connectivity index (χ2n) is 2.75. The van der Waals surface area contributed by atoms with Crippen molar-refractivity contribution in [2.45, 2.75) is 38.5 Å². The molecule has 0 unspecified atom stereocenters. The third-order valence-electron chi connectivity index (χ3n) is 0.966. The van der Waals surface area contributed by atoms with E-state index in [2.05, 4.69) is 4.74 Å². The minimum absolute atomic E-state index is 0.956. The van der Waals surface area contributed by atoms with Gasteiger partial charge in [0, 0.05) is 0 Å². The van der Waals surface area contributed by atoms with Crippen LogP contribution in [0.1, 0.15) is 13.8 Å². The molecular formula is C6H7F7O2. The Morgan fingerprint density at radius 2 is 1.20 bits per heavy atom. The summed E-state index contributed by atoms with van der Waals surface area (Å²) in [4.78, 5) is 0. The second-order valence-corrected chi connectivity index (χ2v) is 2.75. The standard InChI is InChI=1S/C6H7F7O2/c1-3(2)14-4(7,8)5(9,10)15-6(11,12)13/h3H,1-2H3. The van der Waals surface area contributed by atoms with Gasteiger partial charge in [0.2, 0.25) is 0 Å². The molecule has 2 nitrogen and oxygen atoms in total. The topological polar surface area (TPSA) is 18.5 Å². The number of rotatable bonds is 4. The molecule has 0 bridgehead atoms. The highest BCUT2D eigenvalue weighted by molar-refractivity contribution is 4.68. The third kappa shape index (κ3) is 4.65. The van der Waals surface area contributed by atoms with E-state index in [0.29, 0.717) is 0 Å². The molecule has 0 fully saturated rings. The van der Waals surface area contributed by atoms with E-state index in [9.17, 15) is 30.7 Å². The van der Waals surface area contributed by atoms with Gasteiger partial charge in [0.25, 0.3) is 0 Å². The number of alkyl halides is 7. The van der Waals surface area contributed by atoms with E-state index in [-0.39, 0.29) is 0 Å². The Morgan fingerprint density at radius 1 is 0.800 bits per heavy atom. The van der Waals surface area contributed by atoms with Crippen molar-refractivity contribution in [2.24, 2.45) is 0 Å². The molecule has 15 heavy (non-hydrogen) atoms. The molecule has 9 heteroatoms. The van der Waals surface area contributed by atoms with Crippen LogP contribution in [-0.2, 0) is 9.47 Å². The van der Waals surface area contributed by atoms with Crippen LogP contribution in [0.3, 0.4) is 0 Å². The molecule has 0 saturated heterocycles. The van der Waals surface area contributed by atoms with Gasteiger partial charge in [-0.3, -0.25) is 0 Å². The zero-order valence-electron chi connectivity index (χ0n) is 7.54. The summed E-state index contributed by atoms with van der Waals surface area (Å²) in [7, 11) is 0. The van der Waals surface area contributed by atoms with Crippen LogP contribution in [0.2, 0.25) is 0 Å². The molecule has 0 aromatic heterocycles. The second kappa shape index (κ2) is 4.12. The molecule has 0 radical (unpaired) electrons. The van der Waals surface area contributed by atoms with E-state index in [1.165, 1.54) is 0 Å². The van der Waals surface area contributed by atoms with Crippen molar-refractivity contribution in [1.29, 1.82) is 0 Å². The van der Waals surface area contributed by atoms with Crippen LogP contribution in [-0.4, -0.2) is 24.7 Å². The molecule has 0 aliphatic rings. The molecule has 0 aromatic carbocycles. The van der Waals surface area contributed by atoms with Crippen LogP contribution < -0.4 is 0 Å². The van der Waals surface area contributed by atoms with Gasteiger partial charge in [-0.2, -0.15) is 17.6 Å². The van der Waals surface area contributed by atoms with E-state index in [1.807, 2.05) is 4.74 Å². The minimum Gasteiger partial charge on any atom is -0.311 e. The summed E-state index contributed by atoms with van der Waals surface area (Å²) in [6.07, 6.45) is -18.4.